The number of benzene rings is 2. The lowest BCUT2D eigenvalue weighted by Crippen LogP contribution is -2.48. The number of nitrogens with one attached hydrogen (secondary N) is 1. The van der Waals surface area contributed by atoms with Crippen molar-refractivity contribution in [3.8, 4) is 5.75 Å². The highest BCUT2D eigenvalue weighted by Crippen LogP contribution is 2.37. The van der Waals surface area contributed by atoms with Gasteiger partial charge in [0.15, 0.2) is 8.32 Å². The Morgan fingerprint density at radius 3 is 2.31 bits per heavy atom. The first kappa shape index (κ1) is 20.9. The summed E-state index contributed by atoms with van der Waals surface area (Å²) in [4.78, 5) is 0. The standard InChI is InChI=1S/C22H35NO2Si/c1-17(2)23-15-19(25-26(6,7)22(3,4)5)16-24-21-14-10-12-18-11-8-9-13-20(18)21/h8-14,17,19,23H,15-16H2,1-7H3/t19-/m1/s1. The number of rotatable bonds is 8. The molecule has 0 saturated heterocycles. The van der Waals surface area contributed by atoms with E-state index in [0.29, 0.717) is 12.6 Å². The fourth-order valence-corrected chi connectivity index (χ4v) is 3.94. The molecular weight excluding hydrogens is 338 g/mol. The summed E-state index contributed by atoms with van der Waals surface area (Å²) in [5.41, 5.74) is 0. The van der Waals surface area contributed by atoms with Crippen LogP contribution in [0.2, 0.25) is 18.1 Å². The molecule has 26 heavy (non-hydrogen) atoms. The van der Waals surface area contributed by atoms with Crippen LogP contribution < -0.4 is 10.1 Å². The third-order valence-corrected chi connectivity index (χ3v) is 9.73. The van der Waals surface area contributed by atoms with Gasteiger partial charge >= 0.3 is 0 Å². The zero-order chi connectivity index (χ0) is 19.4. The molecule has 0 spiro atoms. The van der Waals surface area contributed by atoms with Crippen molar-refractivity contribution in [2.75, 3.05) is 13.2 Å². The van der Waals surface area contributed by atoms with E-state index in [4.69, 9.17) is 9.16 Å². The largest absolute Gasteiger partial charge is 0.490 e. The molecule has 1 N–H and O–H groups in total. The first-order valence-corrected chi connectivity index (χ1v) is 12.5. The van der Waals surface area contributed by atoms with Gasteiger partial charge in [0.2, 0.25) is 0 Å². The molecule has 0 bridgehead atoms. The smallest absolute Gasteiger partial charge is 0.192 e. The second kappa shape index (κ2) is 8.55. The van der Waals surface area contributed by atoms with E-state index in [-0.39, 0.29) is 11.1 Å². The van der Waals surface area contributed by atoms with E-state index < -0.39 is 8.32 Å². The molecule has 0 heterocycles. The van der Waals surface area contributed by atoms with E-state index >= 15 is 0 Å². The molecular formula is C22H35NO2Si. The van der Waals surface area contributed by atoms with Crippen LogP contribution in [0.4, 0.5) is 0 Å². The lowest BCUT2D eigenvalue weighted by atomic mass is 10.1. The summed E-state index contributed by atoms with van der Waals surface area (Å²) in [6, 6.07) is 15.0. The maximum absolute atomic E-state index is 6.64. The molecule has 2 aromatic carbocycles. The molecule has 0 unspecified atom stereocenters. The van der Waals surface area contributed by atoms with Gasteiger partial charge < -0.3 is 14.5 Å². The molecule has 0 radical (unpaired) electrons. The van der Waals surface area contributed by atoms with Gasteiger partial charge in [-0.3, -0.25) is 0 Å². The summed E-state index contributed by atoms with van der Waals surface area (Å²) in [6.07, 6.45) is 0.0391. The van der Waals surface area contributed by atoms with Crippen molar-refractivity contribution in [3.63, 3.8) is 0 Å². The Hall–Kier alpha value is -1.36. The summed E-state index contributed by atoms with van der Waals surface area (Å²) >= 11 is 0. The summed E-state index contributed by atoms with van der Waals surface area (Å²) < 4.78 is 12.9. The minimum Gasteiger partial charge on any atom is -0.490 e. The van der Waals surface area contributed by atoms with Crippen molar-refractivity contribution in [2.24, 2.45) is 0 Å². The van der Waals surface area contributed by atoms with Crippen molar-refractivity contribution in [3.05, 3.63) is 42.5 Å². The van der Waals surface area contributed by atoms with Crippen molar-refractivity contribution < 1.29 is 9.16 Å². The molecule has 2 aromatic rings. The fraction of sp³-hybridized carbons (Fsp3) is 0.545. The molecule has 0 aliphatic rings. The monoisotopic (exact) mass is 373 g/mol. The molecule has 1 atom stereocenters. The van der Waals surface area contributed by atoms with E-state index in [1.54, 1.807) is 0 Å². The Kier molecular flexibility index (Phi) is 6.89. The average Bonchev–Trinajstić information content (AvgIpc) is 2.56. The van der Waals surface area contributed by atoms with Crippen LogP contribution in [0, 0.1) is 0 Å². The van der Waals surface area contributed by atoms with Crippen LogP contribution in [0.25, 0.3) is 10.8 Å². The molecule has 0 aromatic heterocycles. The van der Waals surface area contributed by atoms with Crippen LogP contribution in [0.15, 0.2) is 42.5 Å². The van der Waals surface area contributed by atoms with Crippen molar-refractivity contribution >= 4 is 19.1 Å². The lowest BCUT2D eigenvalue weighted by molar-refractivity contribution is 0.113. The Morgan fingerprint density at radius 2 is 1.65 bits per heavy atom. The summed E-state index contributed by atoms with van der Waals surface area (Å²) in [6.45, 7) is 17.1. The normalized spacial score (nSPS) is 14.0. The highest BCUT2D eigenvalue weighted by Gasteiger charge is 2.39. The molecule has 0 aliphatic heterocycles. The Bertz CT molecular complexity index is 701. The maximum atomic E-state index is 6.64. The maximum Gasteiger partial charge on any atom is 0.192 e. The van der Waals surface area contributed by atoms with Gasteiger partial charge in [-0.25, -0.2) is 0 Å². The lowest BCUT2D eigenvalue weighted by Gasteiger charge is -2.39. The first-order valence-electron chi connectivity index (χ1n) is 9.62. The number of hydrogen-bond acceptors (Lipinski definition) is 3. The summed E-state index contributed by atoms with van der Waals surface area (Å²) in [5, 5.41) is 6.05. The SMILES string of the molecule is CC(C)NC[C@H](COc1cccc2ccccc12)O[Si](C)(C)C(C)(C)C. The fourth-order valence-electron chi connectivity index (χ4n) is 2.60. The minimum absolute atomic E-state index is 0.0391. The van der Waals surface area contributed by atoms with E-state index in [0.717, 1.165) is 17.7 Å². The molecule has 0 amide bonds. The second-order valence-corrected chi connectivity index (χ2v) is 13.6. The third-order valence-electron chi connectivity index (χ3n) is 5.20. The minimum atomic E-state index is -1.85. The van der Waals surface area contributed by atoms with Crippen molar-refractivity contribution in [2.45, 2.75) is 64.9 Å². The second-order valence-electron chi connectivity index (χ2n) is 8.85. The van der Waals surface area contributed by atoms with Crippen molar-refractivity contribution in [1.82, 2.24) is 5.32 Å². The van der Waals surface area contributed by atoms with Crippen LogP contribution in [0.5, 0.6) is 5.75 Å². The molecule has 144 valence electrons. The molecule has 0 saturated carbocycles. The van der Waals surface area contributed by atoms with Gasteiger partial charge in [-0.2, -0.15) is 0 Å². The van der Waals surface area contributed by atoms with Gasteiger partial charge in [0, 0.05) is 18.0 Å². The highest BCUT2D eigenvalue weighted by atomic mass is 28.4. The van der Waals surface area contributed by atoms with Gasteiger partial charge in [0.1, 0.15) is 12.4 Å². The zero-order valence-corrected chi connectivity index (χ0v) is 18.4. The summed E-state index contributed by atoms with van der Waals surface area (Å²) in [7, 11) is -1.85. The van der Waals surface area contributed by atoms with Gasteiger partial charge in [-0.05, 0) is 29.6 Å². The van der Waals surface area contributed by atoms with Crippen LogP contribution >= 0.6 is 0 Å². The topological polar surface area (TPSA) is 30.5 Å². The zero-order valence-electron chi connectivity index (χ0n) is 17.4. The predicted octanol–water partition coefficient (Wildman–Crippen LogP) is 5.61. The quantitative estimate of drug-likeness (QED) is 0.610. The third kappa shape index (κ3) is 5.57. The Morgan fingerprint density at radius 1 is 1.00 bits per heavy atom. The Labute approximate surface area is 160 Å². The van der Waals surface area contributed by atoms with Gasteiger partial charge in [-0.15, -0.1) is 0 Å². The Balaban J connectivity index is 2.13. The van der Waals surface area contributed by atoms with Gasteiger partial charge in [-0.1, -0.05) is 71.0 Å². The van der Waals surface area contributed by atoms with E-state index in [9.17, 15) is 0 Å². The summed E-state index contributed by atoms with van der Waals surface area (Å²) in [5.74, 6) is 0.927. The van der Waals surface area contributed by atoms with Crippen LogP contribution in [-0.4, -0.2) is 33.6 Å². The highest BCUT2D eigenvalue weighted by molar-refractivity contribution is 6.74. The van der Waals surface area contributed by atoms with Crippen molar-refractivity contribution in [1.29, 1.82) is 0 Å². The average molecular weight is 374 g/mol. The van der Waals surface area contributed by atoms with E-state index in [1.165, 1.54) is 5.39 Å². The van der Waals surface area contributed by atoms with Crippen LogP contribution in [0.1, 0.15) is 34.6 Å². The van der Waals surface area contributed by atoms with Crippen LogP contribution in [0.3, 0.4) is 0 Å². The molecule has 0 aliphatic carbocycles. The molecule has 4 heteroatoms. The first-order chi connectivity index (χ1) is 12.1. The predicted molar refractivity (Wildman–Crippen MR) is 115 cm³/mol. The molecule has 0 fully saturated rings. The van der Waals surface area contributed by atoms with E-state index in [1.807, 2.05) is 12.1 Å². The van der Waals surface area contributed by atoms with Gasteiger partial charge in [0.05, 0.1) is 6.10 Å². The number of ether oxygens (including phenoxy) is 1. The molecule has 3 nitrogen and oxygen atoms in total. The van der Waals surface area contributed by atoms with Gasteiger partial charge in [0.25, 0.3) is 0 Å². The van der Waals surface area contributed by atoms with E-state index in [2.05, 4.69) is 83.4 Å². The number of hydrogen-bond donors (Lipinski definition) is 1. The molecule has 2 rings (SSSR count). The number of fused-ring (bicyclic) bond motifs is 1. The van der Waals surface area contributed by atoms with Crippen LogP contribution in [-0.2, 0) is 4.43 Å².